The van der Waals surface area contributed by atoms with E-state index in [4.69, 9.17) is 0 Å². The number of hydrogen-bond acceptors (Lipinski definition) is 3. The second-order valence-corrected chi connectivity index (χ2v) is 11.0. The number of para-hydroxylation sites is 1. The van der Waals surface area contributed by atoms with Gasteiger partial charge < -0.3 is 5.32 Å². The van der Waals surface area contributed by atoms with Crippen LogP contribution >= 0.6 is 15.9 Å². The van der Waals surface area contributed by atoms with Crippen molar-refractivity contribution in [2.75, 3.05) is 17.4 Å². The van der Waals surface area contributed by atoms with Gasteiger partial charge in [0.25, 0.3) is 10.0 Å². The molecule has 3 aromatic rings. The van der Waals surface area contributed by atoms with E-state index in [1.165, 1.54) is 5.56 Å². The van der Waals surface area contributed by atoms with Crippen LogP contribution in [0.4, 0.5) is 5.69 Å². The number of sulfonamides is 1. The number of anilines is 1. The SMILES string of the molecule is O=S(=O)(c1ccc(Br)cc1)N(c1ccccc1)C(CCc1ccccc1)C1CCCNC1. The molecule has 1 saturated heterocycles. The van der Waals surface area contributed by atoms with Crippen LogP contribution in [-0.2, 0) is 16.4 Å². The molecule has 2 unspecified atom stereocenters. The van der Waals surface area contributed by atoms with Crippen molar-refractivity contribution in [2.24, 2.45) is 5.92 Å². The fourth-order valence-electron chi connectivity index (χ4n) is 4.51. The second kappa shape index (κ2) is 10.6. The zero-order valence-corrected chi connectivity index (χ0v) is 20.4. The summed E-state index contributed by atoms with van der Waals surface area (Å²) in [6.45, 7) is 1.82. The Morgan fingerprint density at radius 3 is 2.22 bits per heavy atom. The van der Waals surface area contributed by atoms with Crippen LogP contribution in [0.2, 0.25) is 0 Å². The highest BCUT2D eigenvalue weighted by atomic mass is 79.9. The molecule has 1 N–H and O–H groups in total. The van der Waals surface area contributed by atoms with Crippen molar-refractivity contribution in [1.29, 1.82) is 0 Å². The molecule has 1 aliphatic rings. The Labute approximate surface area is 199 Å². The third kappa shape index (κ3) is 5.42. The standard InChI is InChI=1S/C26H29BrN2O2S/c27-23-14-16-25(17-15-23)32(30,31)29(24-11-5-2-6-12-24)26(22-10-7-19-28-20-22)18-13-21-8-3-1-4-9-21/h1-6,8-9,11-12,14-17,22,26,28H,7,10,13,18-20H2. The number of halogens is 1. The van der Waals surface area contributed by atoms with Crippen LogP contribution in [0.15, 0.2) is 94.3 Å². The maximum Gasteiger partial charge on any atom is 0.264 e. The van der Waals surface area contributed by atoms with Gasteiger partial charge >= 0.3 is 0 Å². The largest absolute Gasteiger partial charge is 0.316 e. The molecule has 1 fully saturated rings. The Hall–Kier alpha value is -2.15. The molecule has 1 heterocycles. The molecular formula is C26H29BrN2O2S. The van der Waals surface area contributed by atoms with Crippen molar-refractivity contribution in [3.05, 3.63) is 95.0 Å². The minimum atomic E-state index is -3.74. The van der Waals surface area contributed by atoms with E-state index in [0.29, 0.717) is 4.90 Å². The molecular weight excluding hydrogens is 484 g/mol. The van der Waals surface area contributed by atoms with E-state index >= 15 is 0 Å². The van der Waals surface area contributed by atoms with E-state index in [-0.39, 0.29) is 12.0 Å². The number of aryl methyl sites for hydroxylation is 1. The van der Waals surface area contributed by atoms with Gasteiger partial charge in [-0.3, -0.25) is 4.31 Å². The molecule has 0 aliphatic carbocycles. The predicted octanol–water partition coefficient (Wildman–Crippen LogP) is 5.65. The minimum absolute atomic E-state index is 0.140. The molecule has 3 aromatic carbocycles. The molecule has 168 valence electrons. The zero-order valence-electron chi connectivity index (χ0n) is 18.0. The Balaban J connectivity index is 1.76. The maximum absolute atomic E-state index is 14.0. The third-order valence-electron chi connectivity index (χ3n) is 6.13. The fourth-order valence-corrected chi connectivity index (χ4v) is 6.52. The van der Waals surface area contributed by atoms with E-state index in [9.17, 15) is 8.42 Å². The van der Waals surface area contributed by atoms with E-state index in [1.807, 2.05) is 48.5 Å². The number of hydrogen-bond donors (Lipinski definition) is 1. The lowest BCUT2D eigenvalue weighted by atomic mass is 9.87. The molecule has 0 amide bonds. The monoisotopic (exact) mass is 512 g/mol. The average molecular weight is 514 g/mol. The highest BCUT2D eigenvalue weighted by Crippen LogP contribution is 2.33. The lowest BCUT2D eigenvalue weighted by Crippen LogP contribution is -2.49. The van der Waals surface area contributed by atoms with Gasteiger partial charge in [0, 0.05) is 10.5 Å². The van der Waals surface area contributed by atoms with Crippen LogP contribution in [0, 0.1) is 5.92 Å². The lowest BCUT2D eigenvalue weighted by Gasteiger charge is -2.39. The van der Waals surface area contributed by atoms with E-state index in [0.717, 1.165) is 48.9 Å². The summed E-state index contributed by atoms with van der Waals surface area (Å²) in [5, 5.41) is 3.49. The highest BCUT2D eigenvalue weighted by molar-refractivity contribution is 9.10. The summed E-state index contributed by atoms with van der Waals surface area (Å²) >= 11 is 3.42. The van der Waals surface area contributed by atoms with Crippen LogP contribution in [0.3, 0.4) is 0 Å². The summed E-state index contributed by atoms with van der Waals surface area (Å²) in [4.78, 5) is 0.318. The summed E-state index contributed by atoms with van der Waals surface area (Å²) in [7, 11) is -3.74. The van der Waals surface area contributed by atoms with Crippen LogP contribution in [0.5, 0.6) is 0 Å². The Morgan fingerprint density at radius 1 is 0.938 bits per heavy atom. The summed E-state index contributed by atoms with van der Waals surface area (Å²) < 4.78 is 30.6. The van der Waals surface area contributed by atoms with E-state index in [1.54, 1.807) is 28.6 Å². The first-order valence-electron chi connectivity index (χ1n) is 11.2. The van der Waals surface area contributed by atoms with Gasteiger partial charge in [0.2, 0.25) is 0 Å². The van der Waals surface area contributed by atoms with Crippen molar-refractivity contribution < 1.29 is 8.42 Å². The molecule has 0 aromatic heterocycles. The van der Waals surface area contributed by atoms with Crippen molar-refractivity contribution in [1.82, 2.24) is 5.32 Å². The summed E-state index contributed by atoms with van der Waals surface area (Å²) in [6.07, 6.45) is 3.68. The molecule has 0 bridgehead atoms. The molecule has 32 heavy (non-hydrogen) atoms. The molecule has 4 rings (SSSR count). The smallest absolute Gasteiger partial charge is 0.264 e. The van der Waals surface area contributed by atoms with Gasteiger partial charge in [-0.25, -0.2) is 8.42 Å². The van der Waals surface area contributed by atoms with Crippen molar-refractivity contribution in [3.63, 3.8) is 0 Å². The molecule has 4 nitrogen and oxygen atoms in total. The highest BCUT2D eigenvalue weighted by Gasteiger charge is 2.36. The Morgan fingerprint density at radius 2 is 1.59 bits per heavy atom. The molecule has 6 heteroatoms. The topological polar surface area (TPSA) is 49.4 Å². The Bertz CT molecular complexity index is 1080. The van der Waals surface area contributed by atoms with Crippen LogP contribution in [-0.4, -0.2) is 27.5 Å². The normalized spacial score (nSPS) is 17.6. The van der Waals surface area contributed by atoms with Gasteiger partial charge in [-0.05, 0) is 86.7 Å². The predicted molar refractivity (Wildman–Crippen MR) is 134 cm³/mol. The lowest BCUT2D eigenvalue weighted by molar-refractivity contribution is 0.313. The van der Waals surface area contributed by atoms with E-state index in [2.05, 4.69) is 33.4 Å². The quantitative estimate of drug-likeness (QED) is 0.424. The Kier molecular flexibility index (Phi) is 7.66. The number of piperidine rings is 1. The number of nitrogens with one attached hydrogen (secondary N) is 1. The van der Waals surface area contributed by atoms with Crippen molar-refractivity contribution in [3.8, 4) is 0 Å². The van der Waals surface area contributed by atoms with Crippen molar-refractivity contribution in [2.45, 2.75) is 36.6 Å². The third-order valence-corrected chi connectivity index (χ3v) is 8.53. The molecule has 2 atom stereocenters. The minimum Gasteiger partial charge on any atom is -0.316 e. The van der Waals surface area contributed by atoms with Gasteiger partial charge in [-0.1, -0.05) is 64.5 Å². The number of rotatable bonds is 8. The van der Waals surface area contributed by atoms with E-state index < -0.39 is 10.0 Å². The fraction of sp³-hybridized carbons (Fsp3) is 0.308. The van der Waals surface area contributed by atoms with Gasteiger partial charge in [0.15, 0.2) is 0 Å². The first-order valence-corrected chi connectivity index (χ1v) is 13.4. The summed E-state index contributed by atoms with van der Waals surface area (Å²) in [5.74, 6) is 0.248. The van der Waals surface area contributed by atoms with Crippen LogP contribution < -0.4 is 9.62 Å². The zero-order chi connectivity index (χ0) is 22.4. The summed E-state index contributed by atoms with van der Waals surface area (Å²) in [6, 6.07) is 26.7. The van der Waals surface area contributed by atoms with Crippen LogP contribution in [0.1, 0.15) is 24.8 Å². The first-order chi connectivity index (χ1) is 15.6. The van der Waals surface area contributed by atoms with Gasteiger partial charge in [-0.15, -0.1) is 0 Å². The van der Waals surface area contributed by atoms with Gasteiger partial charge in [0.1, 0.15) is 0 Å². The average Bonchev–Trinajstić information content (AvgIpc) is 2.83. The first kappa shape index (κ1) is 23.0. The molecule has 1 aliphatic heterocycles. The van der Waals surface area contributed by atoms with Crippen LogP contribution in [0.25, 0.3) is 0 Å². The second-order valence-electron chi connectivity index (χ2n) is 8.29. The molecule has 0 radical (unpaired) electrons. The molecule has 0 saturated carbocycles. The van der Waals surface area contributed by atoms with Gasteiger partial charge in [0.05, 0.1) is 10.6 Å². The summed E-state index contributed by atoms with van der Waals surface area (Å²) in [5.41, 5.74) is 1.95. The molecule has 0 spiro atoms. The van der Waals surface area contributed by atoms with Crippen molar-refractivity contribution >= 4 is 31.6 Å². The number of benzene rings is 3. The van der Waals surface area contributed by atoms with Gasteiger partial charge in [-0.2, -0.15) is 0 Å². The maximum atomic E-state index is 14.0. The number of nitrogens with zero attached hydrogens (tertiary/aromatic N) is 1.